The molecule has 0 bridgehead atoms. The Balaban J connectivity index is 1.56. The molecule has 26 heavy (non-hydrogen) atoms. The lowest BCUT2D eigenvalue weighted by Gasteiger charge is -2.37. The van der Waals surface area contributed by atoms with E-state index in [1.54, 1.807) is 17.2 Å². The lowest BCUT2D eigenvalue weighted by atomic mass is 9.87. The molecule has 1 atom stereocenters. The van der Waals surface area contributed by atoms with Crippen LogP contribution in [0, 0.1) is 5.92 Å². The summed E-state index contributed by atoms with van der Waals surface area (Å²) in [7, 11) is 0. The number of carbonyl (C=O) groups is 2. The molecule has 2 amide bonds. The van der Waals surface area contributed by atoms with Crippen molar-refractivity contribution in [2.75, 3.05) is 0 Å². The number of furan rings is 1. The molecule has 138 valence electrons. The third-order valence-corrected chi connectivity index (χ3v) is 5.60. The Morgan fingerprint density at radius 1 is 1.23 bits per heavy atom. The quantitative estimate of drug-likeness (QED) is 0.917. The summed E-state index contributed by atoms with van der Waals surface area (Å²) in [5.41, 5.74) is 0.859. The van der Waals surface area contributed by atoms with E-state index in [0.717, 1.165) is 37.3 Å². The maximum atomic E-state index is 13.1. The Morgan fingerprint density at radius 3 is 2.77 bits per heavy atom. The highest BCUT2D eigenvalue weighted by atomic mass is 16.3. The third kappa shape index (κ3) is 3.28. The zero-order valence-electron chi connectivity index (χ0n) is 15.1. The van der Waals surface area contributed by atoms with E-state index in [0.29, 0.717) is 12.3 Å². The van der Waals surface area contributed by atoms with E-state index in [2.05, 4.69) is 12.2 Å². The van der Waals surface area contributed by atoms with Crippen LogP contribution in [0.1, 0.15) is 50.1 Å². The maximum absolute atomic E-state index is 13.1. The van der Waals surface area contributed by atoms with Crippen molar-refractivity contribution in [2.45, 2.75) is 57.8 Å². The molecule has 6 nitrogen and oxygen atoms in total. The number of hydrogen-bond acceptors (Lipinski definition) is 3. The van der Waals surface area contributed by atoms with Crippen LogP contribution in [0.5, 0.6) is 0 Å². The highest BCUT2D eigenvalue weighted by Gasteiger charge is 2.38. The average Bonchev–Trinajstić information content (AvgIpc) is 3.29. The van der Waals surface area contributed by atoms with Gasteiger partial charge >= 0.3 is 0 Å². The van der Waals surface area contributed by atoms with Gasteiger partial charge in [0.2, 0.25) is 11.8 Å². The van der Waals surface area contributed by atoms with Gasteiger partial charge in [0.15, 0.2) is 6.04 Å². The molecule has 1 unspecified atom stereocenters. The standard InChI is InChI=1S/C20H25N3O3/c1-14-6-8-15(9-7-14)21-20(25)19-17-5-2-10-22(17)13-18(24)23(19)12-16-4-3-11-26-16/h2-5,10-11,14-15,19H,6-9,12-13H2,1H3,(H,21,25). The monoisotopic (exact) mass is 355 g/mol. The Morgan fingerprint density at radius 2 is 2.04 bits per heavy atom. The second-order valence-corrected chi connectivity index (χ2v) is 7.53. The largest absolute Gasteiger partial charge is 0.467 e. The van der Waals surface area contributed by atoms with E-state index in [1.807, 2.05) is 29.0 Å². The maximum Gasteiger partial charge on any atom is 0.249 e. The smallest absolute Gasteiger partial charge is 0.249 e. The highest BCUT2D eigenvalue weighted by molar-refractivity contribution is 5.90. The first kappa shape index (κ1) is 16.9. The zero-order chi connectivity index (χ0) is 18.1. The Kier molecular flexibility index (Phi) is 4.57. The molecule has 1 N–H and O–H groups in total. The third-order valence-electron chi connectivity index (χ3n) is 5.60. The van der Waals surface area contributed by atoms with Crippen molar-refractivity contribution in [1.29, 1.82) is 0 Å². The predicted octanol–water partition coefficient (Wildman–Crippen LogP) is 2.86. The summed E-state index contributed by atoms with van der Waals surface area (Å²) in [6, 6.07) is 7.03. The van der Waals surface area contributed by atoms with Gasteiger partial charge in [-0.25, -0.2) is 0 Å². The first-order valence-corrected chi connectivity index (χ1v) is 9.39. The van der Waals surface area contributed by atoms with Crippen LogP contribution in [0.15, 0.2) is 41.1 Å². The molecule has 4 rings (SSSR count). The van der Waals surface area contributed by atoms with Crippen molar-refractivity contribution in [3.8, 4) is 0 Å². The van der Waals surface area contributed by atoms with E-state index in [9.17, 15) is 9.59 Å². The fraction of sp³-hybridized carbons (Fsp3) is 0.500. The average molecular weight is 355 g/mol. The Labute approximate surface area is 153 Å². The summed E-state index contributed by atoms with van der Waals surface area (Å²) in [5, 5.41) is 3.19. The van der Waals surface area contributed by atoms with Crippen LogP contribution in [0.2, 0.25) is 0 Å². The van der Waals surface area contributed by atoms with Gasteiger partial charge < -0.3 is 19.2 Å². The topological polar surface area (TPSA) is 67.5 Å². The van der Waals surface area contributed by atoms with Gasteiger partial charge in [-0.05, 0) is 55.9 Å². The van der Waals surface area contributed by atoms with Crippen LogP contribution >= 0.6 is 0 Å². The molecule has 3 heterocycles. The molecule has 0 aromatic carbocycles. The molecule has 0 radical (unpaired) electrons. The normalized spacial score (nSPS) is 25.8. The number of nitrogens with zero attached hydrogens (tertiary/aromatic N) is 2. The zero-order valence-corrected chi connectivity index (χ0v) is 15.1. The molecule has 2 aliphatic rings. The molecular formula is C20H25N3O3. The van der Waals surface area contributed by atoms with E-state index >= 15 is 0 Å². The van der Waals surface area contributed by atoms with Crippen molar-refractivity contribution in [1.82, 2.24) is 14.8 Å². The van der Waals surface area contributed by atoms with Gasteiger partial charge in [-0.15, -0.1) is 0 Å². The van der Waals surface area contributed by atoms with Crippen LogP contribution < -0.4 is 5.32 Å². The van der Waals surface area contributed by atoms with Crippen LogP contribution in [0.25, 0.3) is 0 Å². The van der Waals surface area contributed by atoms with Gasteiger partial charge in [0.1, 0.15) is 12.3 Å². The Bertz CT molecular complexity index is 772. The summed E-state index contributed by atoms with van der Waals surface area (Å²) in [5.74, 6) is 1.25. The first-order valence-electron chi connectivity index (χ1n) is 9.39. The van der Waals surface area contributed by atoms with E-state index in [-0.39, 0.29) is 24.4 Å². The van der Waals surface area contributed by atoms with Crippen LogP contribution in [-0.4, -0.2) is 27.3 Å². The van der Waals surface area contributed by atoms with E-state index in [4.69, 9.17) is 4.42 Å². The summed E-state index contributed by atoms with van der Waals surface area (Å²) < 4.78 is 7.28. The fourth-order valence-corrected chi connectivity index (χ4v) is 4.07. The lowest BCUT2D eigenvalue weighted by Crippen LogP contribution is -2.50. The molecular weight excluding hydrogens is 330 g/mol. The summed E-state index contributed by atoms with van der Waals surface area (Å²) in [6.07, 6.45) is 7.74. The minimum atomic E-state index is -0.615. The van der Waals surface area contributed by atoms with Crippen LogP contribution in [0.3, 0.4) is 0 Å². The number of amides is 2. The minimum absolute atomic E-state index is 0.0671. The van der Waals surface area contributed by atoms with Gasteiger partial charge in [-0.2, -0.15) is 0 Å². The molecule has 1 saturated carbocycles. The van der Waals surface area contributed by atoms with Crippen LogP contribution in [-0.2, 0) is 22.7 Å². The van der Waals surface area contributed by atoms with Gasteiger partial charge in [0.25, 0.3) is 0 Å². The van der Waals surface area contributed by atoms with Crippen molar-refractivity contribution < 1.29 is 14.0 Å². The van der Waals surface area contributed by atoms with Crippen LogP contribution in [0.4, 0.5) is 0 Å². The van der Waals surface area contributed by atoms with Gasteiger partial charge in [0, 0.05) is 12.2 Å². The SMILES string of the molecule is CC1CCC(NC(=O)C2c3cccn3CC(=O)N2Cc2ccco2)CC1. The van der Waals surface area contributed by atoms with E-state index in [1.165, 1.54) is 0 Å². The number of carbonyl (C=O) groups excluding carboxylic acids is 2. The molecule has 0 spiro atoms. The second kappa shape index (κ2) is 7.02. The summed E-state index contributed by atoms with van der Waals surface area (Å²) in [4.78, 5) is 27.5. The molecule has 6 heteroatoms. The number of aromatic nitrogens is 1. The van der Waals surface area contributed by atoms with Crippen molar-refractivity contribution in [3.05, 3.63) is 48.2 Å². The molecule has 2 aromatic rings. The highest BCUT2D eigenvalue weighted by Crippen LogP contribution is 2.30. The van der Waals surface area contributed by atoms with Crippen molar-refractivity contribution >= 4 is 11.8 Å². The number of nitrogens with one attached hydrogen (secondary N) is 1. The number of fused-ring (bicyclic) bond motifs is 1. The number of hydrogen-bond donors (Lipinski definition) is 1. The lowest BCUT2D eigenvalue weighted by molar-refractivity contribution is -0.145. The molecule has 1 fully saturated rings. The van der Waals surface area contributed by atoms with Crippen molar-refractivity contribution in [3.63, 3.8) is 0 Å². The second-order valence-electron chi connectivity index (χ2n) is 7.53. The fourth-order valence-electron chi connectivity index (χ4n) is 4.07. The van der Waals surface area contributed by atoms with E-state index < -0.39 is 6.04 Å². The number of rotatable bonds is 4. The molecule has 1 aliphatic heterocycles. The van der Waals surface area contributed by atoms with Gasteiger partial charge in [0.05, 0.1) is 18.5 Å². The predicted molar refractivity (Wildman–Crippen MR) is 96.0 cm³/mol. The molecule has 2 aromatic heterocycles. The molecule has 1 aliphatic carbocycles. The van der Waals surface area contributed by atoms with Crippen molar-refractivity contribution in [2.24, 2.45) is 5.92 Å². The minimum Gasteiger partial charge on any atom is -0.467 e. The molecule has 0 saturated heterocycles. The summed E-state index contributed by atoms with van der Waals surface area (Å²) >= 11 is 0. The summed E-state index contributed by atoms with van der Waals surface area (Å²) in [6.45, 7) is 2.82. The van der Waals surface area contributed by atoms with Gasteiger partial charge in [-0.3, -0.25) is 9.59 Å². The first-order chi connectivity index (χ1) is 12.6. The van der Waals surface area contributed by atoms with Gasteiger partial charge in [-0.1, -0.05) is 6.92 Å². The Hall–Kier alpha value is -2.50.